The van der Waals surface area contributed by atoms with Gasteiger partial charge in [0.05, 0.1) is 5.39 Å². The third kappa shape index (κ3) is 3.33. The number of ether oxygens (including phenoxy) is 1. The molecule has 5 nitrogen and oxygen atoms in total. The SMILES string of the molecule is O=c1oc2cc(OCCN3CCCCC3)ccc2c2ccc(O)cc12. The van der Waals surface area contributed by atoms with Crippen LogP contribution >= 0.6 is 0 Å². The van der Waals surface area contributed by atoms with Gasteiger partial charge in [-0.2, -0.15) is 0 Å². The fraction of sp³-hybridized carbons (Fsp3) is 0.350. The normalized spacial score (nSPS) is 15.7. The van der Waals surface area contributed by atoms with Crippen LogP contribution in [0.2, 0.25) is 0 Å². The van der Waals surface area contributed by atoms with Crippen LogP contribution in [-0.4, -0.2) is 36.2 Å². The van der Waals surface area contributed by atoms with Gasteiger partial charge in [-0.25, -0.2) is 4.79 Å². The minimum absolute atomic E-state index is 0.0526. The highest BCUT2D eigenvalue weighted by Crippen LogP contribution is 2.28. The standard InChI is InChI=1S/C20H21NO4/c22-14-4-6-16-17-7-5-15(13-19(17)25-20(23)18(16)12-14)24-11-10-21-8-2-1-3-9-21/h4-7,12-13,22H,1-3,8-11H2. The first kappa shape index (κ1) is 16.0. The molecule has 1 aliphatic rings. The molecule has 130 valence electrons. The van der Waals surface area contributed by atoms with Gasteiger partial charge in [0.1, 0.15) is 23.7 Å². The summed E-state index contributed by atoms with van der Waals surface area (Å²) in [5.41, 5.74) is 0.0440. The summed E-state index contributed by atoms with van der Waals surface area (Å²) in [5.74, 6) is 0.752. The molecule has 0 atom stereocenters. The van der Waals surface area contributed by atoms with Gasteiger partial charge in [0, 0.05) is 23.4 Å². The van der Waals surface area contributed by atoms with Crippen LogP contribution in [0.15, 0.2) is 45.6 Å². The first-order valence-corrected chi connectivity index (χ1v) is 8.75. The Kier molecular flexibility index (Phi) is 4.32. The Morgan fingerprint density at radius 3 is 2.64 bits per heavy atom. The molecule has 0 amide bonds. The molecule has 1 saturated heterocycles. The molecule has 2 heterocycles. The summed E-state index contributed by atoms with van der Waals surface area (Å²) in [6.45, 7) is 3.83. The van der Waals surface area contributed by atoms with E-state index in [1.54, 1.807) is 18.2 Å². The molecule has 1 N–H and O–H groups in total. The fourth-order valence-electron chi connectivity index (χ4n) is 3.47. The van der Waals surface area contributed by atoms with E-state index in [0.717, 1.165) is 30.4 Å². The second-order valence-corrected chi connectivity index (χ2v) is 6.53. The van der Waals surface area contributed by atoms with E-state index in [2.05, 4.69) is 4.90 Å². The van der Waals surface area contributed by atoms with Gasteiger partial charge in [0.25, 0.3) is 0 Å². The molecule has 3 aromatic rings. The molecule has 1 aliphatic heterocycles. The van der Waals surface area contributed by atoms with E-state index in [1.807, 2.05) is 12.1 Å². The van der Waals surface area contributed by atoms with Gasteiger partial charge in [-0.3, -0.25) is 4.90 Å². The molecule has 0 saturated carbocycles. The van der Waals surface area contributed by atoms with Gasteiger partial charge >= 0.3 is 5.63 Å². The number of hydrogen-bond acceptors (Lipinski definition) is 5. The quantitative estimate of drug-likeness (QED) is 0.582. The number of phenolic OH excluding ortho intramolecular Hbond substituents is 1. The van der Waals surface area contributed by atoms with Crippen LogP contribution in [0.3, 0.4) is 0 Å². The highest BCUT2D eigenvalue weighted by atomic mass is 16.5. The Hall–Kier alpha value is -2.53. The van der Waals surface area contributed by atoms with E-state index < -0.39 is 5.63 Å². The average Bonchev–Trinajstić information content (AvgIpc) is 2.63. The lowest BCUT2D eigenvalue weighted by atomic mass is 10.1. The maximum Gasteiger partial charge on any atom is 0.344 e. The number of nitrogens with zero attached hydrogens (tertiary/aromatic N) is 1. The molecule has 2 aromatic carbocycles. The summed E-state index contributed by atoms with van der Waals surface area (Å²) in [6.07, 6.45) is 3.86. The number of fused-ring (bicyclic) bond motifs is 3. The molecule has 0 unspecified atom stereocenters. The Bertz CT molecular complexity index is 957. The van der Waals surface area contributed by atoms with Crippen molar-refractivity contribution in [3.63, 3.8) is 0 Å². The molecule has 5 heteroatoms. The van der Waals surface area contributed by atoms with E-state index in [0.29, 0.717) is 23.3 Å². The Morgan fingerprint density at radius 1 is 1.00 bits per heavy atom. The van der Waals surface area contributed by atoms with E-state index in [9.17, 15) is 9.90 Å². The lowest BCUT2D eigenvalue weighted by Gasteiger charge is -2.26. The Morgan fingerprint density at radius 2 is 1.80 bits per heavy atom. The van der Waals surface area contributed by atoms with Crippen molar-refractivity contribution in [2.45, 2.75) is 19.3 Å². The third-order valence-electron chi connectivity index (χ3n) is 4.79. The van der Waals surface area contributed by atoms with Crippen molar-refractivity contribution in [2.75, 3.05) is 26.2 Å². The Labute approximate surface area is 145 Å². The zero-order valence-corrected chi connectivity index (χ0v) is 14.0. The summed E-state index contributed by atoms with van der Waals surface area (Å²) < 4.78 is 11.3. The minimum atomic E-state index is -0.455. The molecule has 0 aliphatic carbocycles. The second-order valence-electron chi connectivity index (χ2n) is 6.53. The van der Waals surface area contributed by atoms with E-state index >= 15 is 0 Å². The van der Waals surface area contributed by atoms with E-state index in [-0.39, 0.29) is 5.75 Å². The van der Waals surface area contributed by atoms with Crippen molar-refractivity contribution in [1.82, 2.24) is 4.90 Å². The summed E-state index contributed by atoms with van der Waals surface area (Å²) >= 11 is 0. The van der Waals surface area contributed by atoms with Crippen molar-refractivity contribution in [3.8, 4) is 11.5 Å². The fourth-order valence-corrected chi connectivity index (χ4v) is 3.47. The second kappa shape index (κ2) is 6.76. The van der Waals surface area contributed by atoms with Crippen molar-refractivity contribution >= 4 is 21.7 Å². The van der Waals surface area contributed by atoms with Crippen molar-refractivity contribution in [3.05, 3.63) is 46.8 Å². The number of benzene rings is 2. The van der Waals surface area contributed by atoms with Gasteiger partial charge in [-0.1, -0.05) is 6.42 Å². The van der Waals surface area contributed by atoms with Gasteiger partial charge in [-0.05, 0) is 56.3 Å². The maximum absolute atomic E-state index is 12.2. The van der Waals surface area contributed by atoms with Gasteiger partial charge < -0.3 is 14.3 Å². The Balaban J connectivity index is 1.56. The van der Waals surface area contributed by atoms with Crippen molar-refractivity contribution < 1.29 is 14.3 Å². The first-order chi connectivity index (χ1) is 12.2. The number of likely N-dealkylation sites (tertiary alicyclic amines) is 1. The van der Waals surface area contributed by atoms with Gasteiger partial charge in [0.2, 0.25) is 0 Å². The van der Waals surface area contributed by atoms with Crippen LogP contribution in [0.5, 0.6) is 11.5 Å². The monoisotopic (exact) mass is 339 g/mol. The molecule has 0 bridgehead atoms. The highest BCUT2D eigenvalue weighted by molar-refractivity contribution is 6.04. The average molecular weight is 339 g/mol. The first-order valence-electron chi connectivity index (χ1n) is 8.75. The molecule has 1 fully saturated rings. The zero-order valence-electron chi connectivity index (χ0n) is 14.0. The summed E-state index contributed by atoms with van der Waals surface area (Å²) in [7, 11) is 0. The lowest BCUT2D eigenvalue weighted by molar-refractivity contribution is 0.183. The van der Waals surface area contributed by atoms with Crippen LogP contribution in [0.25, 0.3) is 21.7 Å². The molecule has 25 heavy (non-hydrogen) atoms. The number of hydrogen-bond donors (Lipinski definition) is 1. The largest absolute Gasteiger partial charge is 0.508 e. The summed E-state index contributed by atoms with van der Waals surface area (Å²) in [5, 5.41) is 11.6. The van der Waals surface area contributed by atoms with Crippen LogP contribution in [0, 0.1) is 0 Å². The van der Waals surface area contributed by atoms with Gasteiger partial charge in [-0.15, -0.1) is 0 Å². The number of piperidine rings is 1. The molecule has 0 spiro atoms. The minimum Gasteiger partial charge on any atom is -0.508 e. The van der Waals surface area contributed by atoms with E-state index in [4.69, 9.17) is 9.15 Å². The van der Waals surface area contributed by atoms with Crippen molar-refractivity contribution in [1.29, 1.82) is 0 Å². The molecule has 1 aromatic heterocycles. The predicted octanol–water partition coefficient (Wildman–Crippen LogP) is 3.52. The number of phenols is 1. The van der Waals surface area contributed by atoms with Crippen LogP contribution < -0.4 is 10.4 Å². The molecule has 4 rings (SSSR count). The topological polar surface area (TPSA) is 62.9 Å². The highest BCUT2D eigenvalue weighted by Gasteiger charge is 2.11. The maximum atomic E-state index is 12.2. The summed E-state index contributed by atoms with van der Waals surface area (Å²) in [4.78, 5) is 14.6. The number of rotatable bonds is 4. The van der Waals surface area contributed by atoms with Crippen LogP contribution in [0.4, 0.5) is 0 Å². The number of aromatic hydroxyl groups is 1. The van der Waals surface area contributed by atoms with Crippen LogP contribution in [-0.2, 0) is 0 Å². The van der Waals surface area contributed by atoms with Gasteiger partial charge in [0.15, 0.2) is 0 Å². The zero-order chi connectivity index (χ0) is 17.2. The predicted molar refractivity (Wildman–Crippen MR) is 97.4 cm³/mol. The van der Waals surface area contributed by atoms with E-state index in [1.165, 1.54) is 25.3 Å². The smallest absolute Gasteiger partial charge is 0.344 e. The molecular formula is C20H21NO4. The van der Waals surface area contributed by atoms with Crippen molar-refractivity contribution in [2.24, 2.45) is 0 Å². The van der Waals surface area contributed by atoms with Crippen LogP contribution in [0.1, 0.15) is 19.3 Å². The lowest BCUT2D eigenvalue weighted by Crippen LogP contribution is -2.33. The molecular weight excluding hydrogens is 318 g/mol. The summed E-state index contributed by atoms with van der Waals surface area (Å²) in [6, 6.07) is 10.3. The molecule has 0 radical (unpaired) electrons. The third-order valence-corrected chi connectivity index (χ3v) is 4.79.